The first-order valence-corrected chi connectivity index (χ1v) is 8.60. The average molecular weight is 330 g/mol. The summed E-state index contributed by atoms with van der Waals surface area (Å²) in [4.78, 5) is 19.3. The molecule has 0 aliphatic carbocycles. The number of benzene rings is 1. The predicted molar refractivity (Wildman–Crippen MR) is 91.8 cm³/mol. The Kier molecular flexibility index (Phi) is 3.74. The molecular weight excluding hydrogens is 310 g/mol. The molecule has 2 aliphatic rings. The molecule has 3 heterocycles. The lowest BCUT2D eigenvalue weighted by Gasteiger charge is -2.39. The zero-order valence-electron chi connectivity index (χ0n) is 13.0. The Labute approximate surface area is 140 Å². The summed E-state index contributed by atoms with van der Waals surface area (Å²) in [5.74, 6) is 0.0752. The van der Waals surface area contributed by atoms with E-state index < -0.39 is 0 Å². The van der Waals surface area contributed by atoms with Gasteiger partial charge in [-0.15, -0.1) is 0 Å². The lowest BCUT2D eigenvalue weighted by atomic mass is 9.78. The van der Waals surface area contributed by atoms with Gasteiger partial charge in [0.1, 0.15) is 0 Å². The molecule has 0 atom stereocenters. The average Bonchev–Trinajstić information content (AvgIpc) is 3.04. The second-order valence-corrected chi connectivity index (χ2v) is 7.12. The molecule has 120 valence electrons. The fourth-order valence-corrected chi connectivity index (χ4v) is 4.10. The molecule has 1 aromatic heterocycles. The van der Waals surface area contributed by atoms with Crippen LogP contribution >= 0.6 is 11.6 Å². The molecule has 1 spiro atoms. The van der Waals surface area contributed by atoms with Gasteiger partial charge in [-0.25, -0.2) is 0 Å². The normalized spacial score (nSPS) is 20.3. The first-order chi connectivity index (χ1) is 11.2. The largest absolute Gasteiger partial charge is 0.339 e. The number of amides is 1. The van der Waals surface area contributed by atoms with E-state index in [2.05, 4.69) is 10.3 Å². The quantitative estimate of drug-likeness (QED) is 0.874. The van der Waals surface area contributed by atoms with Crippen LogP contribution in [0.2, 0.25) is 5.02 Å². The van der Waals surface area contributed by atoms with Crippen molar-refractivity contribution >= 4 is 28.4 Å². The van der Waals surface area contributed by atoms with Gasteiger partial charge in [0.2, 0.25) is 0 Å². The predicted octanol–water partition coefficient (Wildman–Crippen LogP) is 3.10. The highest BCUT2D eigenvalue weighted by atomic mass is 35.5. The van der Waals surface area contributed by atoms with Crippen LogP contribution in [0, 0.1) is 5.41 Å². The van der Waals surface area contributed by atoms with Gasteiger partial charge in [0, 0.05) is 31.2 Å². The van der Waals surface area contributed by atoms with E-state index in [0.29, 0.717) is 21.5 Å². The van der Waals surface area contributed by atoms with Crippen LogP contribution in [0.15, 0.2) is 30.5 Å². The van der Waals surface area contributed by atoms with Gasteiger partial charge in [-0.2, -0.15) is 0 Å². The number of pyridine rings is 1. The Morgan fingerprint density at radius 1 is 1.22 bits per heavy atom. The third-order valence-electron chi connectivity index (χ3n) is 5.39. The summed E-state index contributed by atoms with van der Waals surface area (Å²) in [5.41, 5.74) is 1.77. The Bertz CT molecular complexity index is 745. The lowest BCUT2D eigenvalue weighted by molar-refractivity contribution is 0.0609. The molecule has 1 aromatic carbocycles. The standard InChI is InChI=1S/C18H20ClN3O/c19-15-4-3-14(16-13(15)2-1-8-21-16)17(23)22-10-6-18(7-11-22)5-9-20-12-18/h1-4,8,20H,5-7,9-12H2. The molecule has 1 amide bonds. The number of fused-ring (bicyclic) bond motifs is 1. The number of carbonyl (C=O) groups is 1. The number of hydrogen-bond donors (Lipinski definition) is 1. The minimum atomic E-state index is 0.0752. The van der Waals surface area contributed by atoms with E-state index in [-0.39, 0.29) is 5.91 Å². The second-order valence-electron chi connectivity index (χ2n) is 6.71. The molecule has 1 N–H and O–H groups in total. The first-order valence-electron chi connectivity index (χ1n) is 8.22. The summed E-state index contributed by atoms with van der Waals surface area (Å²) >= 11 is 6.23. The monoisotopic (exact) mass is 329 g/mol. The van der Waals surface area contributed by atoms with Gasteiger partial charge in [-0.1, -0.05) is 11.6 Å². The van der Waals surface area contributed by atoms with E-state index in [9.17, 15) is 4.79 Å². The molecule has 2 saturated heterocycles. The Hall–Kier alpha value is -1.65. The van der Waals surface area contributed by atoms with Crippen molar-refractivity contribution in [2.45, 2.75) is 19.3 Å². The zero-order chi connectivity index (χ0) is 15.9. The maximum absolute atomic E-state index is 13.0. The highest BCUT2D eigenvalue weighted by molar-refractivity contribution is 6.36. The fraction of sp³-hybridized carbons (Fsp3) is 0.444. The number of nitrogens with one attached hydrogen (secondary N) is 1. The molecular formula is C18H20ClN3O. The van der Waals surface area contributed by atoms with Crippen molar-refractivity contribution < 1.29 is 4.79 Å². The van der Waals surface area contributed by atoms with Crippen LogP contribution in [0.3, 0.4) is 0 Å². The number of piperidine rings is 1. The van der Waals surface area contributed by atoms with E-state index >= 15 is 0 Å². The molecule has 2 fully saturated rings. The zero-order valence-corrected chi connectivity index (χ0v) is 13.8. The topological polar surface area (TPSA) is 45.2 Å². The smallest absolute Gasteiger partial charge is 0.256 e. The number of carbonyl (C=O) groups excluding carboxylic acids is 1. The number of rotatable bonds is 1. The summed E-state index contributed by atoms with van der Waals surface area (Å²) in [6.07, 6.45) is 5.13. The van der Waals surface area contributed by atoms with E-state index in [4.69, 9.17) is 11.6 Å². The molecule has 4 rings (SSSR count). The van der Waals surface area contributed by atoms with Gasteiger partial charge in [0.15, 0.2) is 0 Å². The van der Waals surface area contributed by atoms with Crippen molar-refractivity contribution in [1.29, 1.82) is 0 Å². The minimum absolute atomic E-state index is 0.0752. The minimum Gasteiger partial charge on any atom is -0.339 e. The van der Waals surface area contributed by atoms with Crippen LogP contribution in [0.25, 0.3) is 10.9 Å². The summed E-state index contributed by atoms with van der Waals surface area (Å²) in [7, 11) is 0. The fourth-order valence-electron chi connectivity index (χ4n) is 3.89. The summed E-state index contributed by atoms with van der Waals surface area (Å²) in [5, 5.41) is 4.94. The van der Waals surface area contributed by atoms with Gasteiger partial charge >= 0.3 is 0 Å². The second kappa shape index (κ2) is 5.77. The van der Waals surface area contributed by atoms with E-state index in [1.807, 2.05) is 23.1 Å². The van der Waals surface area contributed by atoms with Crippen molar-refractivity contribution in [3.05, 3.63) is 41.0 Å². The molecule has 4 nitrogen and oxygen atoms in total. The van der Waals surface area contributed by atoms with Crippen molar-refractivity contribution in [1.82, 2.24) is 15.2 Å². The van der Waals surface area contributed by atoms with Gasteiger partial charge in [0.25, 0.3) is 5.91 Å². The Morgan fingerprint density at radius 2 is 2.04 bits per heavy atom. The van der Waals surface area contributed by atoms with Crippen LogP contribution in [0.1, 0.15) is 29.6 Å². The Morgan fingerprint density at radius 3 is 2.78 bits per heavy atom. The lowest BCUT2D eigenvalue weighted by Crippen LogP contribution is -2.44. The number of hydrogen-bond acceptors (Lipinski definition) is 3. The summed E-state index contributed by atoms with van der Waals surface area (Å²) < 4.78 is 0. The van der Waals surface area contributed by atoms with E-state index in [0.717, 1.165) is 44.4 Å². The van der Waals surface area contributed by atoms with Crippen LogP contribution in [0.4, 0.5) is 0 Å². The molecule has 0 saturated carbocycles. The molecule has 0 bridgehead atoms. The van der Waals surface area contributed by atoms with Crippen molar-refractivity contribution in [3.8, 4) is 0 Å². The summed E-state index contributed by atoms with van der Waals surface area (Å²) in [6.45, 7) is 3.87. The van der Waals surface area contributed by atoms with Crippen LogP contribution in [0.5, 0.6) is 0 Å². The summed E-state index contributed by atoms with van der Waals surface area (Å²) in [6, 6.07) is 7.36. The molecule has 2 aliphatic heterocycles. The van der Waals surface area contributed by atoms with Crippen LogP contribution < -0.4 is 5.32 Å². The Balaban J connectivity index is 1.59. The number of likely N-dealkylation sites (tertiary alicyclic amines) is 1. The van der Waals surface area contributed by atoms with Gasteiger partial charge < -0.3 is 10.2 Å². The molecule has 5 heteroatoms. The van der Waals surface area contributed by atoms with Crippen molar-refractivity contribution in [2.75, 3.05) is 26.2 Å². The maximum atomic E-state index is 13.0. The van der Waals surface area contributed by atoms with Crippen molar-refractivity contribution in [3.63, 3.8) is 0 Å². The third-order valence-corrected chi connectivity index (χ3v) is 5.72. The van der Waals surface area contributed by atoms with E-state index in [1.54, 1.807) is 12.3 Å². The first kappa shape index (κ1) is 14.9. The van der Waals surface area contributed by atoms with Crippen molar-refractivity contribution in [2.24, 2.45) is 5.41 Å². The van der Waals surface area contributed by atoms with E-state index in [1.165, 1.54) is 6.42 Å². The highest BCUT2D eigenvalue weighted by Crippen LogP contribution is 2.37. The molecule has 2 aromatic rings. The van der Waals surface area contributed by atoms with Gasteiger partial charge in [-0.05, 0) is 55.5 Å². The van der Waals surface area contributed by atoms with Gasteiger partial charge in [-0.3, -0.25) is 9.78 Å². The maximum Gasteiger partial charge on any atom is 0.256 e. The van der Waals surface area contributed by atoms with Crippen LogP contribution in [-0.2, 0) is 0 Å². The molecule has 23 heavy (non-hydrogen) atoms. The number of aromatic nitrogens is 1. The SMILES string of the molecule is O=C(c1ccc(Cl)c2cccnc12)N1CCC2(CCNC2)CC1. The highest BCUT2D eigenvalue weighted by Gasteiger charge is 2.38. The molecule has 0 radical (unpaired) electrons. The third kappa shape index (κ3) is 2.60. The number of nitrogens with zero attached hydrogens (tertiary/aromatic N) is 2. The number of halogens is 1. The van der Waals surface area contributed by atoms with Gasteiger partial charge in [0.05, 0.1) is 16.1 Å². The van der Waals surface area contributed by atoms with Crippen LogP contribution in [-0.4, -0.2) is 42.0 Å². The molecule has 0 unspecified atom stereocenters.